The molecular weight excluding hydrogens is 293 g/mol. The Morgan fingerprint density at radius 1 is 1.00 bits per heavy atom. The molecule has 4 nitrogen and oxygen atoms in total. The molecule has 0 fully saturated rings. The Bertz CT molecular complexity index is 161. The Morgan fingerprint density at radius 2 is 1.31 bits per heavy atom. The van der Waals surface area contributed by atoms with E-state index >= 15 is 0 Å². The van der Waals surface area contributed by atoms with Gasteiger partial charge in [0.2, 0.25) is 0 Å². The maximum absolute atomic E-state index is 9.05. The zero-order valence-electron chi connectivity index (χ0n) is 10.2. The molecule has 2 N–H and O–H groups in total. The second-order valence-electron chi connectivity index (χ2n) is 2.95. The van der Waals surface area contributed by atoms with Crippen LogP contribution in [0.3, 0.4) is 0 Å². The van der Waals surface area contributed by atoms with E-state index in [0.717, 1.165) is 0 Å². The number of hydrogen-bond donors (Lipinski definition) is 2. The molecule has 0 aromatic carbocycles. The summed E-state index contributed by atoms with van der Waals surface area (Å²) in [6, 6.07) is 0. The molecule has 0 aliphatic carbocycles. The summed E-state index contributed by atoms with van der Waals surface area (Å²) in [7, 11) is -1.11. The van der Waals surface area contributed by atoms with E-state index in [1.165, 1.54) is 0 Å². The van der Waals surface area contributed by atoms with Gasteiger partial charge < -0.3 is 9.05 Å². The molecule has 0 amide bonds. The third-order valence-electron chi connectivity index (χ3n) is 1.71. The maximum atomic E-state index is 9.05. The van der Waals surface area contributed by atoms with Gasteiger partial charge in [-0.2, -0.15) is 0 Å². The van der Waals surface area contributed by atoms with Crippen molar-refractivity contribution in [2.24, 2.45) is 0 Å². The predicted molar refractivity (Wildman–Crippen MR) is 74.3 cm³/mol. The average Bonchev–Trinajstić information content (AvgIpc) is 2.20. The van der Waals surface area contributed by atoms with Crippen molar-refractivity contribution in [1.29, 1.82) is 0 Å². The average molecular weight is 315 g/mol. The summed E-state index contributed by atoms with van der Waals surface area (Å²) in [6.07, 6.45) is -3.09. The summed E-state index contributed by atoms with van der Waals surface area (Å²) in [5, 5.41) is 0. The normalized spacial score (nSPS) is 13.9. The van der Waals surface area contributed by atoms with Crippen LogP contribution in [0.5, 0.6) is 0 Å². The predicted octanol–water partition coefficient (Wildman–Crippen LogP) is 4.07. The van der Waals surface area contributed by atoms with Crippen LogP contribution in [-0.4, -0.2) is 35.3 Å². The fourth-order valence-electron chi connectivity index (χ4n) is 0.464. The van der Waals surface area contributed by atoms with Crippen LogP contribution in [0.1, 0.15) is 27.7 Å². The van der Waals surface area contributed by atoms with Gasteiger partial charge in [-0.15, -0.1) is 0 Å². The second kappa shape index (κ2) is 9.24. The molecule has 16 heavy (non-hydrogen) atoms. The zero-order valence-corrected chi connectivity index (χ0v) is 13.5. The number of halogens is 2. The SMILES string of the molecule is CCOP(Cl)OCC.CCP(O)(O)(Cl)CC. The topological polar surface area (TPSA) is 58.9 Å². The van der Waals surface area contributed by atoms with Gasteiger partial charge in [-0.1, -0.05) is 0 Å². The first-order chi connectivity index (χ1) is 7.20. The van der Waals surface area contributed by atoms with Gasteiger partial charge in [0.25, 0.3) is 7.73 Å². The van der Waals surface area contributed by atoms with E-state index in [0.29, 0.717) is 13.2 Å². The van der Waals surface area contributed by atoms with Crippen molar-refractivity contribution in [2.45, 2.75) is 27.7 Å². The second-order valence-corrected chi connectivity index (χ2v) is 10.9. The zero-order chi connectivity index (χ0) is 13.3. The Hall–Kier alpha value is 1.28. The summed E-state index contributed by atoms with van der Waals surface area (Å²) in [6.45, 7) is 8.36. The number of rotatable bonds is 6. The first kappa shape index (κ1) is 19.6. The Morgan fingerprint density at radius 3 is 1.44 bits per heavy atom. The van der Waals surface area contributed by atoms with Crippen molar-refractivity contribution >= 4 is 36.6 Å². The van der Waals surface area contributed by atoms with Crippen LogP contribution in [0.2, 0.25) is 0 Å². The molecule has 0 spiro atoms. The number of hydrogen-bond acceptors (Lipinski definition) is 4. The molecule has 102 valence electrons. The van der Waals surface area contributed by atoms with Crippen molar-refractivity contribution < 1.29 is 18.8 Å². The van der Waals surface area contributed by atoms with Crippen LogP contribution in [0, 0.1) is 0 Å². The fraction of sp³-hybridized carbons (Fsp3) is 1.00. The quantitative estimate of drug-likeness (QED) is 0.725. The third-order valence-corrected chi connectivity index (χ3v) is 7.16. The summed E-state index contributed by atoms with van der Waals surface area (Å²) < 4.78 is 9.78. The first-order valence-corrected chi connectivity index (χ1v) is 10.6. The van der Waals surface area contributed by atoms with Crippen molar-refractivity contribution in [3.05, 3.63) is 0 Å². The van der Waals surface area contributed by atoms with E-state index in [4.69, 9.17) is 41.3 Å². The summed E-state index contributed by atoms with van der Waals surface area (Å²) >= 11 is 10.9. The van der Waals surface area contributed by atoms with Crippen LogP contribution in [0.4, 0.5) is 0 Å². The Labute approximate surface area is 109 Å². The summed E-state index contributed by atoms with van der Waals surface area (Å²) in [5.41, 5.74) is 0. The van der Waals surface area contributed by atoms with E-state index < -0.39 is 14.1 Å². The monoisotopic (exact) mass is 314 g/mol. The van der Waals surface area contributed by atoms with E-state index in [2.05, 4.69) is 0 Å². The molecule has 0 radical (unpaired) electrons. The molecule has 0 saturated carbocycles. The third kappa shape index (κ3) is 13.3. The minimum atomic E-state index is -3.63. The van der Waals surface area contributed by atoms with Crippen LogP contribution in [0.25, 0.3) is 0 Å². The fourth-order valence-corrected chi connectivity index (χ4v) is 1.98. The molecule has 0 aliphatic rings. The van der Waals surface area contributed by atoms with Crippen LogP contribution in [0.15, 0.2) is 0 Å². The first-order valence-electron chi connectivity index (χ1n) is 5.14. The minimum absolute atomic E-state index is 0.268. The molecule has 0 aromatic heterocycles. The molecule has 0 heterocycles. The summed E-state index contributed by atoms with van der Waals surface area (Å²) in [4.78, 5) is 18.1. The van der Waals surface area contributed by atoms with Crippen LogP contribution in [-0.2, 0) is 9.05 Å². The van der Waals surface area contributed by atoms with Gasteiger partial charge in [0, 0.05) is 0 Å². The van der Waals surface area contributed by atoms with Crippen molar-refractivity contribution in [1.82, 2.24) is 0 Å². The van der Waals surface area contributed by atoms with E-state index in [9.17, 15) is 0 Å². The Balaban J connectivity index is 0. The molecular formula is C8H22Cl2O4P2. The molecule has 0 saturated heterocycles. The van der Waals surface area contributed by atoms with Gasteiger partial charge in [-0.3, -0.25) is 0 Å². The standard InChI is InChI=1S/C4H12ClO2P.C4H10ClO2P/c1-3-8(5,6,7)4-2;1-3-6-8(5)7-4-2/h6-7H,3-4H2,1-2H3;3-4H2,1-2H3. The molecule has 0 unspecified atom stereocenters. The van der Waals surface area contributed by atoms with Crippen molar-refractivity contribution in [2.75, 3.05) is 25.5 Å². The van der Waals surface area contributed by atoms with E-state index in [1.807, 2.05) is 13.8 Å². The molecule has 0 aliphatic heterocycles. The van der Waals surface area contributed by atoms with Gasteiger partial charge >= 0.3 is 53.6 Å². The van der Waals surface area contributed by atoms with E-state index in [1.54, 1.807) is 13.8 Å². The van der Waals surface area contributed by atoms with Gasteiger partial charge in [-0.05, 0) is 25.1 Å². The molecule has 0 aromatic rings. The van der Waals surface area contributed by atoms with Gasteiger partial charge in [0.1, 0.15) is 0 Å². The molecule has 8 heteroatoms. The molecule has 0 atom stereocenters. The van der Waals surface area contributed by atoms with Gasteiger partial charge in [-0.25, -0.2) is 0 Å². The van der Waals surface area contributed by atoms with Crippen LogP contribution >= 0.6 is 36.6 Å². The van der Waals surface area contributed by atoms with Crippen molar-refractivity contribution in [3.63, 3.8) is 0 Å². The molecule has 0 rings (SSSR count). The Kier molecular flexibility index (Phi) is 11.3. The van der Waals surface area contributed by atoms with Gasteiger partial charge in [0.15, 0.2) is 0 Å². The van der Waals surface area contributed by atoms with Crippen molar-refractivity contribution in [3.8, 4) is 0 Å². The van der Waals surface area contributed by atoms with Crippen LogP contribution < -0.4 is 0 Å². The molecule has 0 bridgehead atoms. The van der Waals surface area contributed by atoms with E-state index in [-0.39, 0.29) is 12.3 Å². The summed E-state index contributed by atoms with van der Waals surface area (Å²) in [5.74, 6) is 0. The van der Waals surface area contributed by atoms with Gasteiger partial charge in [0.05, 0.1) is 13.2 Å².